The van der Waals surface area contributed by atoms with E-state index in [2.05, 4.69) is 15.5 Å². The normalized spacial score (nSPS) is 11.9. The number of nitrogens with one attached hydrogen (secondary N) is 1. The van der Waals surface area contributed by atoms with Crippen molar-refractivity contribution in [2.75, 3.05) is 5.32 Å². The molecule has 170 valence electrons. The Balaban J connectivity index is 1.78. The van der Waals surface area contributed by atoms with Gasteiger partial charge in [-0.05, 0) is 31.2 Å². The van der Waals surface area contributed by atoms with Crippen LogP contribution in [0.5, 0.6) is 0 Å². The highest BCUT2D eigenvalue weighted by molar-refractivity contribution is 6.07. The summed E-state index contributed by atoms with van der Waals surface area (Å²) in [6.45, 7) is 1.74. The van der Waals surface area contributed by atoms with Gasteiger partial charge in [0, 0.05) is 18.3 Å². The second-order valence-corrected chi connectivity index (χ2v) is 7.49. The number of hydrogen-bond donors (Lipinski definition) is 2. The zero-order chi connectivity index (χ0) is 24.1. The molecule has 8 heteroatoms. The second kappa shape index (κ2) is 9.83. The van der Waals surface area contributed by atoms with Crippen LogP contribution in [0.25, 0.3) is 11.4 Å². The fourth-order valence-corrected chi connectivity index (χ4v) is 3.41. The summed E-state index contributed by atoms with van der Waals surface area (Å²) in [5, 5.41) is 21.7. The summed E-state index contributed by atoms with van der Waals surface area (Å²) in [6.07, 6.45) is 0. The van der Waals surface area contributed by atoms with Gasteiger partial charge in [0.25, 0.3) is 11.5 Å². The van der Waals surface area contributed by atoms with E-state index in [0.717, 1.165) is 0 Å². The number of aromatic nitrogens is 2. The van der Waals surface area contributed by atoms with Crippen molar-refractivity contribution < 1.29 is 9.90 Å². The van der Waals surface area contributed by atoms with Gasteiger partial charge >= 0.3 is 0 Å². The van der Waals surface area contributed by atoms with E-state index >= 15 is 0 Å². The lowest BCUT2D eigenvalue weighted by Gasteiger charge is -2.08. The lowest BCUT2D eigenvalue weighted by atomic mass is 10.1. The van der Waals surface area contributed by atoms with E-state index < -0.39 is 11.5 Å². The van der Waals surface area contributed by atoms with Gasteiger partial charge in [0.1, 0.15) is 0 Å². The summed E-state index contributed by atoms with van der Waals surface area (Å²) < 4.78 is 3.13. The van der Waals surface area contributed by atoms with Crippen LogP contribution in [0.4, 0.5) is 11.4 Å². The average Bonchev–Trinajstić information content (AvgIpc) is 3.08. The van der Waals surface area contributed by atoms with Gasteiger partial charge in [0.05, 0.1) is 11.4 Å². The van der Waals surface area contributed by atoms with Crippen molar-refractivity contribution in [3.63, 3.8) is 0 Å². The van der Waals surface area contributed by atoms with Crippen molar-refractivity contribution in [3.05, 3.63) is 118 Å². The van der Waals surface area contributed by atoms with Gasteiger partial charge in [0.15, 0.2) is 17.1 Å². The van der Waals surface area contributed by atoms with E-state index in [0.29, 0.717) is 22.6 Å². The first-order valence-corrected chi connectivity index (χ1v) is 10.6. The number of aliphatic hydroxyl groups excluding tert-OH is 1. The molecular formula is C26H23N5O3. The largest absolute Gasteiger partial charge is 0.505 e. The van der Waals surface area contributed by atoms with Crippen LogP contribution in [0.2, 0.25) is 0 Å². The van der Waals surface area contributed by atoms with Crippen molar-refractivity contribution >= 4 is 23.0 Å². The van der Waals surface area contributed by atoms with Crippen LogP contribution in [-0.2, 0) is 11.8 Å². The van der Waals surface area contributed by atoms with Gasteiger partial charge in [-0.3, -0.25) is 14.3 Å². The van der Waals surface area contributed by atoms with Crippen LogP contribution in [0.3, 0.4) is 0 Å². The Labute approximate surface area is 196 Å². The fraction of sp³-hybridized carbons (Fsp3) is 0.0769. The number of azo groups is 1. The van der Waals surface area contributed by atoms with Crippen LogP contribution >= 0.6 is 0 Å². The van der Waals surface area contributed by atoms with Crippen molar-refractivity contribution in [2.24, 2.45) is 17.3 Å². The number of anilines is 1. The minimum absolute atomic E-state index is 0.0669. The summed E-state index contributed by atoms with van der Waals surface area (Å²) in [7, 11) is 1.74. The summed E-state index contributed by atoms with van der Waals surface area (Å²) in [5.74, 6) is -1.01. The molecule has 0 aliphatic heterocycles. The molecule has 0 saturated carbocycles. The highest BCUT2D eigenvalue weighted by Crippen LogP contribution is 2.22. The standard InChI is InChI=1S/C26H23N5O3/c1-18-22(26(34)31(30(18)2)21-16-10-5-11-17-21)28-29-23(24(32)19-12-6-3-7-13-19)25(33)27-20-14-8-4-9-15-20/h3-17,32H,1-2H3,(H,27,33)/b24-23-,29-28?. The highest BCUT2D eigenvalue weighted by Gasteiger charge is 2.20. The van der Waals surface area contributed by atoms with Crippen molar-refractivity contribution in [2.45, 2.75) is 6.92 Å². The Morgan fingerprint density at radius 3 is 2.06 bits per heavy atom. The molecule has 0 bridgehead atoms. The van der Waals surface area contributed by atoms with Gasteiger partial charge in [-0.15, -0.1) is 10.2 Å². The Morgan fingerprint density at radius 2 is 1.44 bits per heavy atom. The first-order valence-electron chi connectivity index (χ1n) is 10.6. The number of para-hydroxylation sites is 2. The van der Waals surface area contributed by atoms with Crippen molar-refractivity contribution in [3.8, 4) is 5.69 Å². The molecule has 0 aliphatic carbocycles. The van der Waals surface area contributed by atoms with Crippen LogP contribution in [0.1, 0.15) is 11.3 Å². The molecule has 0 spiro atoms. The van der Waals surface area contributed by atoms with Gasteiger partial charge in [0.2, 0.25) is 0 Å². The monoisotopic (exact) mass is 453 g/mol. The molecule has 34 heavy (non-hydrogen) atoms. The third-order valence-corrected chi connectivity index (χ3v) is 5.29. The average molecular weight is 454 g/mol. The Bertz CT molecular complexity index is 1420. The molecule has 1 heterocycles. The minimum Gasteiger partial charge on any atom is -0.505 e. The van der Waals surface area contributed by atoms with Gasteiger partial charge in [-0.1, -0.05) is 66.7 Å². The van der Waals surface area contributed by atoms with Crippen LogP contribution in [-0.4, -0.2) is 20.4 Å². The van der Waals surface area contributed by atoms with Crippen LogP contribution < -0.4 is 10.9 Å². The molecule has 0 radical (unpaired) electrons. The predicted octanol–water partition coefficient (Wildman–Crippen LogP) is 5.13. The van der Waals surface area contributed by atoms with E-state index in [4.69, 9.17) is 0 Å². The zero-order valence-corrected chi connectivity index (χ0v) is 18.7. The van der Waals surface area contributed by atoms with E-state index in [-0.39, 0.29) is 17.1 Å². The van der Waals surface area contributed by atoms with Crippen LogP contribution in [0, 0.1) is 6.92 Å². The molecule has 4 aromatic rings. The minimum atomic E-state index is -0.659. The van der Waals surface area contributed by atoms with E-state index in [1.165, 1.54) is 4.68 Å². The van der Waals surface area contributed by atoms with E-state index in [1.807, 2.05) is 36.4 Å². The number of carbonyl (C=O) groups excluding carboxylic acids is 1. The molecule has 2 N–H and O–H groups in total. The molecule has 4 rings (SSSR count). The van der Waals surface area contributed by atoms with Crippen LogP contribution in [0.15, 0.2) is 112 Å². The number of hydrogen-bond acceptors (Lipinski definition) is 5. The molecule has 3 aromatic carbocycles. The maximum atomic E-state index is 13.1. The number of aliphatic hydroxyl groups is 1. The summed E-state index contributed by atoms with van der Waals surface area (Å²) >= 11 is 0. The second-order valence-electron chi connectivity index (χ2n) is 7.49. The zero-order valence-electron chi connectivity index (χ0n) is 18.7. The summed E-state index contributed by atoms with van der Waals surface area (Å²) in [4.78, 5) is 26.2. The van der Waals surface area contributed by atoms with Gasteiger partial charge < -0.3 is 10.4 Å². The molecule has 8 nitrogen and oxygen atoms in total. The topological polar surface area (TPSA) is 101 Å². The third-order valence-electron chi connectivity index (χ3n) is 5.29. The predicted molar refractivity (Wildman–Crippen MR) is 131 cm³/mol. The SMILES string of the molecule is Cc1c(N=N/C(C(=O)Nc2ccccc2)=C(\O)c2ccccc2)c(=O)n(-c2ccccc2)n1C. The van der Waals surface area contributed by atoms with Gasteiger partial charge in [-0.2, -0.15) is 0 Å². The molecule has 0 atom stereocenters. The molecule has 0 unspecified atom stereocenters. The number of rotatable bonds is 6. The van der Waals surface area contributed by atoms with E-state index in [9.17, 15) is 14.7 Å². The quantitative estimate of drug-likeness (QED) is 0.240. The Hall–Kier alpha value is -4.72. The number of nitrogens with zero attached hydrogens (tertiary/aromatic N) is 4. The Morgan fingerprint density at radius 1 is 0.882 bits per heavy atom. The smallest absolute Gasteiger partial charge is 0.299 e. The maximum Gasteiger partial charge on any atom is 0.299 e. The lowest BCUT2D eigenvalue weighted by Crippen LogP contribution is -2.19. The first-order chi connectivity index (χ1) is 16.5. The van der Waals surface area contributed by atoms with Crippen molar-refractivity contribution in [1.82, 2.24) is 9.36 Å². The lowest BCUT2D eigenvalue weighted by molar-refractivity contribution is -0.112. The highest BCUT2D eigenvalue weighted by atomic mass is 16.3. The summed E-state index contributed by atoms with van der Waals surface area (Å²) in [5.41, 5.74) is 1.51. The number of benzene rings is 3. The van der Waals surface area contributed by atoms with E-state index in [1.54, 1.807) is 73.3 Å². The fourth-order valence-electron chi connectivity index (χ4n) is 3.41. The summed E-state index contributed by atoms with van der Waals surface area (Å²) in [6, 6.07) is 26.5. The third kappa shape index (κ3) is 4.56. The first kappa shape index (κ1) is 22.5. The molecular weight excluding hydrogens is 430 g/mol. The molecule has 1 aromatic heterocycles. The molecule has 1 amide bonds. The number of carbonyl (C=O) groups is 1. The van der Waals surface area contributed by atoms with Gasteiger partial charge in [-0.25, -0.2) is 4.68 Å². The maximum absolute atomic E-state index is 13.1. The molecule has 0 fully saturated rings. The van der Waals surface area contributed by atoms with Crippen molar-refractivity contribution in [1.29, 1.82) is 0 Å². The molecule has 0 saturated heterocycles. The Kier molecular flexibility index (Phi) is 6.49. The number of amides is 1. The molecule has 0 aliphatic rings.